The van der Waals surface area contributed by atoms with E-state index in [-0.39, 0.29) is 20.6 Å². The van der Waals surface area contributed by atoms with Gasteiger partial charge in [0, 0.05) is 6.07 Å². The van der Waals surface area contributed by atoms with Crippen LogP contribution in [0.3, 0.4) is 0 Å². The van der Waals surface area contributed by atoms with Crippen LogP contribution in [-0.2, 0) is 0 Å². The molecule has 0 heterocycles. The fraction of sp³-hybridized carbons (Fsp3) is 0.125. The second-order valence-electron chi connectivity index (χ2n) is 2.64. The minimum Gasteiger partial charge on any atom is -0.508 e. The molecule has 0 aliphatic carbocycles. The molecular weight excluding hydrogens is 301 g/mol. The smallest absolute Gasteiger partial charge is 0.293 e. The largest absolute Gasteiger partial charge is 0.508 e. The van der Waals surface area contributed by atoms with Gasteiger partial charge in [0.15, 0.2) is 5.78 Å². The first-order valence-corrected chi connectivity index (χ1v) is 4.69. The molecule has 0 spiro atoms. The highest BCUT2D eigenvalue weighted by Gasteiger charge is 2.22. The van der Waals surface area contributed by atoms with Gasteiger partial charge < -0.3 is 5.11 Å². The Kier molecular flexibility index (Phi) is 3.04. The maximum atomic E-state index is 11.1. The Hall–Kier alpha value is -1.18. The lowest BCUT2D eigenvalue weighted by Crippen LogP contribution is -2.02. The number of nitro groups is 1. The number of carbonyl (C=O) groups excluding carboxylic acids is 1. The van der Waals surface area contributed by atoms with E-state index in [2.05, 4.69) is 0 Å². The summed E-state index contributed by atoms with van der Waals surface area (Å²) in [5, 5.41) is 19.8. The van der Waals surface area contributed by atoms with Crippen molar-refractivity contribution < 1.29 is 14.8 Å². The molecule has 0 aliphatic heterocycles. The number of hydrogen-bond acceptors (Lipinski definition) is 4. The van der Waals surface area contributed by atoms with E-state index in [1.54, 1.807) is 22.6 Å². The maximum Gasteiger partial charge on any atom is 0.293 e. The third-order valence-corrected chi connectivity index (χ3v) is 2.43. The number of carbonyl (C=O) groups is 1. The number of benzene rings is 1. The molecule has 1 rings (SSSR count). The first-order chi connectivity index (χ1) is 6.43. The summed E-state index contributed by atoms with van der Waals surface area (Å²) in [6.45, 7) is 1.22. The van der Waals surface area contributed by atoms with E-state index in [0.29, 0.717) is 0 Å². The molecule has 0 saturated heterocycles. The molecule has 6 heteroatoms. The fourth-order valence-corrected chi connectivity index (χ4v) is 1.85. The topological polar surface area (TPSA) is 80.4 Å². The molecular formula is C8H6INO4. The highest BCUT2D eigenvalue weighted by atomic mass is 127. The molecule has 1 N–H and O–H groups in total. The molecule has 1 aromatic carbocycles. The molecule has 0 bridgehead atoms. The first kappa shape index (κ1) is 10.9. The molecule has 0 amide bonds. The molecule has 0 atom stereocenters. The van der Waals surface area contributed by atoms with E-state index in [9.17, 15) is 14.9 Å². The van der Waals surface area contributed by atoms with Crippen molar-refractivity contribution >= 4 is 34.1 Å². The highest BCUT2D eigenvalue weighted by molar-refractivity contribution is 14.1. The van der Waals surface area contributed by atoms with E-state index in [1.165, 1.54) is 13.0 Å². The van der Waals surface area contributed by atoms with Gasteiger partial charge in [-0.2, -0.15) is 0 Å². The van der Waals surface area contributed by atoms with E-state index >= 15 is 0 Å². The van der Waals surface area contributed by atoms with Crippen LogP contribution in [0, 0.1) is 13.7 Å². The SMILES string of the molecule is CC(=O)c1cc(O)cc(I)c1[N+](=O)[O-]. The zero-order valence-corrected chi connectivity index (χ0v) is 9.31. The molecule has 74 valence electrons. The van der Waals surface area contributed by atoms with Crippen molar-refractivity contribution in [3.05, 3.63) is 31.4 Å². The van der Waals surface area contributed by atoms with Crippen molar-refractivity contribution in [2.24, 2.45) is 0 Å². The van der Waals surface area contributed by atoms with Crippen LogP contribution in [0.25, 0.3) is 0 Å². The monoisotopic (exact) mass is 307 g/mol. The van der Waals surface area contributed by atoms with E-state index in [4.69, 9.17) is 5.11 Å². The predicted octanol–water partition coefficient (Wildman–Crippen LogP) is 2.11. The van der Waals surface area contributed by atoms with Gasteiger partial charge in [-0.15, -0.1) is 0 Å². The molecule has 0 radical (unpaired) electrons. The van der Waals surface area contributed by atoms with Crippen molar-refractivity contribution in [2.45, 2.75) is 6.92 Å². The summed E-state index contributed by atoms with van der Waals surface area (Å²) in [7, 11) is 0. The number of hydrogen-bond donors (Lipinski definition) is 1. The summed E-state index contributed by atoms with van der Waals surface area (Å²) >= 11 is 1.71. The number of nitro benzene ring substituents is 1. The van der Waals surface area contributed by atoms with Crippen LogP contribution in [0.1, 0.15) is 17.3 Å². The molecule has 0 unspecified atom stereocenters. The van der Waals surface area contributed by atoms with Crippen molar-refractivity contribution in [3.63, 3.8) is 0 Å². The number of phenolic OH excluding ortho intramolecular Hbond substituents is 1. The van der Waals surface area contributed by atoms with Crippen molar-refractivity contribution in [1.29, 1.82) is 0 Å². The first-order valence-electron chi connectivity index (χ1n) is 3.61. The second-order valence-corrected chi connectivity index (χ2v) is 3.80. The summed E-state index contributed by atoms with van der Waals surface area (Å²) in [4.78, 5) is 21.1. The van der Waals surface area contributed by atoms with Crippen LogP contribution in [0.5, 0.6) is 5.75 Å². The van der Waals surface area contributed by atoms with E-state index < -0.39 is 10.7 Å². The zero-order chi connectivity index (χ0) is 10.9. The lowest BCUT2D eigenvalue weighted by atomic mass is 10.1. The van der Waals surface area contributed by atoms with Gasteiger partial charge >= 0.3 is 0 Å². The summed E-state index contributed by atoms with van der Waals surface area (Å²) in [5.74, 6) is -0.587. The number of aromatic hydroxyl groups is 1. The minimum atomic E-state index is -0.627. The molecule has 0 fully saturated rings. The van der Waals surface area contributed by atoms with Crippen LogP contribution in [0.15, 0.2) is 12.1 Å². The van der Waals surface area contributed by atoms with Crippen LogP contribution in [0.4, 0.5) is 5.69 Å². The normalized spacial score (nSPS) is 9.86. The Labute approximate surface area is 93.0 Å². The summed E-state index contributed by atoms with van der Waals surface area (Å²) in [6, 6.07) is 2.34. The quantitative estimate of drug-likeness (QED) is 0.393. The number of Topliss-reactive ketones (excluding diaryl/α,β-unsaturated/α-hetero) is 1. The Morgan fingerprint density at radius 3 is 2.57 bits per heavy atom. The summed E-state index contributed by atoms with van der Waals surface area (Å²) < 4.78 is 0.248. The Balaban J connectivity index is 3.52. The van der Waals surface area contributed by atoms with E-state index in [1.807, 2.05) is 0 Å². The van der Waals surface area contributed by atoms with Crippen LogP contribution < -0.4 is 0 Å². The Bertz CT molecular complexity index is 416. The molecule has 0 saturated carbocycles. The van der Waals surface area contributed by atoms with Gasteiger partial charge in [0.05, 0.1) is 14.1 Å². The fourth-order valence-electron chi connectivity index (χ4n) is 1.04. The number of rotatable bonds is 2. The van der Waals surface area contributed by atoms with Gasteiger partial charge in [-0.25, -0.2) is 0 Å². The number of phenols is 1. The lowest BCUT2D eigenvalue weighted by molar-refractivity contribution is -0.386. The van der Waals surface area contributed by atoms with Gasteiger partial charge in [-0.05, 0) is 35.6 Å². The van der Waals surface area contributed by atoms with Crippen LogP contribution >= 0.6 is 22.6 Å². The second kappa shape index (κ2) is 3.91. The van der Waals surface area contributed by atoms with Gasteiger partial charge in [0.2, 0.25) is 0 Å². The Morgan fingerprint density at radius 2 is 2.14 bits per heavy atom. The third kappa shape index (κ3) is 2.00. The van der Waals surface area contributed by atoms with Gasteiger partial charge in [0.25, 0.3) is 5.69 Å². The van der Waals surface area contributed by atoms with Crippen molar-refractivity contribution in [2.75, 3.05) is 0 Å². The Morgan fingerprint density at radius 1 is 1.57 bits per heavy atom. The zero-order valence-electron chi connectivity index (χ0n) is 7.15. The lowest BCUT2D eigenvalue weighted by Gasteiger charge is -2.01. The number of nitrogens with zero attached hydrogens (tertiary/aromatic N) is 1. The van der Waals surface area contributed by atoms with Crippen molar-refractivity contribution in [1.82, 2.24) is 0 Å². The summed E-state index contributed by atoms with van der Waals surface area (Å²) in [6.07, 6.45) is 0. The molecule has 5 nitrogen and oxygen atoms in total. The van der Waals surface area contributed by atoms with Crippen LogP contribution in [0.2, 0.25) is 0 Å². The van der Waals surface area contributed by atoms with Gasteiger partial charge in [-0.3, -0.25) is 14.9 Å². The third-order valence-electron chi connectivity index (χ3n) is 1.61. The number of halogens is 1. The maximum absolute atomic E-state index is 11.1. The predicted molar refractivity (Wildman–Crippen MR) is 57.5 cm³/mol. The molecule has 0 aromatic heterocycles. The van der Waals surface area contributed by atoms with Gasteiger partial charge in [-0.1, -0.05) is 0 Å². The standard InChI is InChI=1S/C8H6INO4/c1-4(11)6-2-5(12)3-7(9)8(6)10(13)14/h2-3,12H,1H3. The average Bonchev–Trinajstić information content (AvgIpc) is 2.01. The van der Waals surface area contributed by atoms with Crippen LogP contribution in [-0.4, -0.2) is 15.8 Å². The molecule has 1 aromatic rings. The minimum absolute atomic E-state index is 0.0700. The van der Waals surface area contributed by atoms with Crippen molar-refractivity contribution in [3.8, 4) is 5.75 Å². The highest BCUT2D eigenvalue weighted by Crippen LogP contribution is 2.30. The van der Waals surface area contributed by atoms with Gasteiger partial charge in [0.1, 0.15) is 5.75 Å². The molecule has 14 heavy (non-hydrogen) atoms. The number of ketones is 1. The average molecular weight is 307 g/mol. The molecule has 0 aliphatic rings. The van der Waals surface area contributed by atoms with E-state index in [0.717, 1.165) is 6.07 Å². The summed E-state index contributed by atoms with van der Waals surface area (Å²) in [5.41, 5.74) is -0.324.